The molecule has 0 aliphatic rings. The highest BCUT2D eigenvalue weighted by Crippen LogP contribution is 2.28. The normalized spacial score (nSPS) is 10.9. The summed E-state index contributed by atoms with van der Waals surface area (Å²) in [5.41, 5.74) is 3.53. The lowest BCUT2D eigenvalue weighted by Gasteiger charge is -2.14. The van der Waals surface area contributed by atoms with Gasteiger partial charge in [-0.25, -0.2) is 13.6 Å². The lowest BCUT2D eigenvalue weighted by molar-refractivity contribution is 0.0695. The first-order valence-corrected chi connectivity index (χ1v) is 6.53. The number of carboxylic acid groups (broad SMARTS) is 1. The minimum Gasteiger partial charge on any atom is -0.486 e. The maximum Gasteiger partial charge on any atom is 0.341 e. The van der Waals surface area contributed by atoms with Crippen LogP contribution in [0, 0.1) is 11.6 Å². The Hall–Kier alpha value is -2.48. The van der Waals surface area contributed by atoms with Gasteiger partial charge >= 0.3 is 5.97 Å². The molecule has 118 valence electrons. The standard InChI is InChI=1S/C14H14F2N2O4/c1-2-18-6-8(14(20)21)12(19)7-5-9(15)13(22-4-3-17)10(16)11(7)18/h5-6H,2-4,17H2,1H3,(H,20,21). The Balaban J connectivity index is 2.87. The first-order valence-electron chi connectivity index (χ1n) is 6.53. The van der Waals surface area contributed by atoms with E-state index in [0.717, 1.165) is 12.3 Å². The Morgan fingerprint density at radius 3 is 2.68 bits per heavy atom. The monoisotopic (exact) mass is 312 g/mol. The van der Waals surface area contributed by atoms with Crippen LogP contribution in [0.5, 0.6) is 5.75 Å². The Kier molecular flexibility index (Phi) is 4.41. The summed E-state index contributed by atoms with van der Waals surface area (Å²) in [5, 5.41) is 8.66. The van der Waals surface area contributed by atoms with Crippen molar-refractivity contribution in [2.75, 3.05) is 13.2 Å². The molecule has 0 aliphatic heterocycles. The fraction of sp³-hybridized carbons (Fsp3) is 0.286. The molecule has 3 N–H and O–H groups in total. The van der Waals surface area contributed by atoms with Crippen LogP contribution in [0.2, 0.25) is 0 Å². The first kappa shape index (κ1) is 15.9. The molecule has 0 spiro atoms. The van der Waals surface area contributed by atoms with E-state index in [-0.39, 0.29) is 30.6 Å². The van der Waals surface area contributed by atoms with Crippen molar-refractivity contribution in [3.8, 4) is 5.75 Å². The fourth-order valence-electron chi connectivity index (χ4n) is 2.16. The van der Waals surface area contributed by atoms with E-state index >= 15 is 0 Å². The molecule has 2 rings (SSSR count). The number of aryl methyl sites for hydroxylation is 1. The SMILES string of the molecule is CCn1cc(C(=O)O)c(=O)c2cc(F)c(OCCN)c(F)c21. The van der Waals surface area contributed by atoms with Gasteiger partial charge in [-0.1, -0.05) is 0 Å². The van der Waals surface area contributed by atoms with Crippen molar-refractivity contribution in [1.82, 2.24) is 4.57 Å². The Labute approximate surface area is 123 Å². The van der Waals surface area contributed by atoms with Gasteiger partial charge in [0.25, 0.3) is 0 Å². The molecule has 0 saturated carbocycles. The van der Waals surface area contributed by atoms with Crippen molar-refractivity contribution in [2.24, 2.45) is 5.73 Å². The van der Waals surface area contributed by atoms with Gasteiger partial charge < -0.3 is 20.1 Å². The van der Waals surface area contributed by atoms with Crippen molar-refractivity contribution in [3.63, 3.8) is 0 Å². The lowest BCUT2D eigenvalue weighted by atomic mass is 10.1. The van der Waals surface area contributed by atoms with Gasteiger partial charge in [0.05, 0.1) is 10.9 Å². The van der Waals surface area contributed by atoms with Gasteiger partial charge in [0, 0.05) is 19.3 Å². The number of aromatic nitrogens is 1. The van der Waals surface area contributed by atoms with E-state index in [9.17, 15) is 18.4 Å². The second-order valence-electron chi connectivity index (χ2n) is 4.50. The molecular formula is C14H14F2N2O4. The molecule has 0 radical (unpaired) electrons. The van der Waals surface area contributed by atoms with Crippen LogP contribution in [-0.2, 0) is 6.54 Å². The average molecular weight is 312 g/mol. The van der Waals surface area contributed by atoms with E-state index < -0.39 is 34.3 Å². The van der Waals surface area contributed by atoms with Gasteiger partial charge in [0.15, 0.2) is 17.4 Å². The Morgan fingerprint density at radius 2 is 2.14 bits per heavy atom. The minimum atomic E-state index is -1.46. The van der Waals surface area contributed by atoms with E-state index in [1.165, 1.54) is 4.57 Å². The number of halogens is 2. The molecule has 1 heterocycles. The highest BCUT2D eigenvalue weighted by Gasteiger charge is 2.22. The first-order chi connectivity index (χ1) is 10.4. The molecule has 2 aromatic rings. The molecule has 0 unspecified atom stereocenters. The number of carbonyl (C=O) groups is 1. The number of aromatic carboxylic acids is 1. The molecule has 1 aromatic carbocycles. The quantitative estimate of drug-likeness (QED) is 0.868. The maximum atomic E-state index is 14.5. The third-order valence-electron chi connectivity index (χ3n) is 3.15. The van der Waals surface area contributed by atoms with Crippen LogP contribution in [-0.4, -0.2) is 28.8 Å². The van der Waals surface area contributed by atoms with E-state index in [1.807, 2.05) is 0 Å². The average Bonchev–Trinajstić information content (AvgIpc) is 2.47. The lowest BCUT2D eigenvalue weighted by Crippen LogP contribution is -2.20. The predicted octanol–water partition coefficient (Wildman–Crippen LogP) is 1.34. The van der Waals surface area contributed by atoms with Crippen molar-refractivity contribution in [1.29, 1.82) is 0 Å². The molecule has 6 nitrogen and oxygen atoms in total. The number of nitrogens with two attached hydrogens (primary N) is 1. The van der Waals surface area contributed by atoms with Crippen molar-refractivity contribution >= 4 is 16.9 Å². The third-order valence-corrected chi connectivity index (χ3v) is 3.15. The van der Waals surface area contributed by atoms with Crippen LogP contribution < -0.4 is 15.9 Å². The summed E-state index contributed by atoms with van der Waals surface area (Å²) in [6.45, 7) is 1.80. The van der Waals surface area contributed by atoms with Gasteiger partial charge in [-0.3, -0.25) is 4.79 Å². The highest BCUT2D eigenvalue weighted by molar-refractivity contribution is 5.93. The van der Waals surface area contributed by atoms with Crippen LogP contribution in [0.4, 0.5) is 8.78 Å². The van der Waals surface area contributed by atoms with Crippen LogP contribution >= 0.6 is 0 Å². The number of hydrogen-bond donors (Lipinski definition) is 2. The van der Waals surface area contributed by atoms with Crippen molar-refractivity contribution in [3.05, 3.63) is 39.7 Å². The fourth-order valence-corrected chi connectivity index (χ4v) is 2.16. The largest absolute Gasteiger partial charge is 0.486 e. The van der Waals surface area contributed by atoms with Gasteiger partial charge in [0.2, 0.25) is 5.43 Å². The zero-order chi connectivity index (χ0) is 16.4. The van der Waals surface area contributed by atoms with E-state index in [4.69, 9.17) is 15.6 Å². The predicted molar refractivity (Wildman–Crippen MR) is 75.3 cm³/mol. The van der Waals surface area contributed by atoms with Gasteiger partial charge in [-0.15, -0.1) is 0 Å². The molecule has 0 fully saturated rings. The summed E-state index contributed by atoms with van der Waals surface area (Å²) in [6.07, 6.45) is 1.03. The number of fused-ring (bicyclic) bond motifs is 1. The van der Waals surface area contributed by atoms with Crippen molar-refractivity contribution < 1.29 is 23.4 Å². The van der Waals surface area contributed by atoms with E-state index in [1.54, 1.807) is 6.92 Å². The molecule has 0 bridgehead atoms. The van der Waals surface area contributed by atoms with Crippen LogP contribution in [0.1, 0.15) is 17.3 Å². The van der Waals surface area contributed by atoms with Crippen LogP contribution in [0.3, 0.4) is 0 Å². The number of ether oxygens (including phenoxy) is 1. The zero-order valence-corrected chi connectivity index (χ0v) is 11.7. The number of hydrogen-bond acceptors (Lipinski definition) is 4. The van der Waals surface area contributed by atoms with Crippen LogP contribution in [0.15, 0.2) is 17.1 Å². The summed E-state index contributed by atoms with van der Waals surface area (Å²) in [6, 6.07) is 0.783. The topological polar surface area (TPSA) is 94.5 Å². The number of rotatable bonds is 5. The van der Waals surface area contributed by atoms with Gasteiger partial charge in [-0.2, -0.15) is 0 Å². The second-order valence-corrected chi connectivity index (χ2v) is 4.50. The molecule has 0 aliphatic carbocycles. The summed E-state index contributed by atoms with van der Waals surface area (Å²) < 4.78 is 34.6. The Morgan fingerprint density at radius 1 is 1.45 bits per heavy atom. The highest BCUT2D eigenvalue weighted by atomic mass is 19.1. The maximum absolute atomic E-state index is 14.5. The summed E-state index contributed by atoms with van der Waals surface area (Å²) >= 11 is 0. The molecule has 8 heteroatoms. The molecule has 0 saturated heterocycles. The molecule has 0 atom stereocenters. The Bertz CT molecular complexity index is 802. The summed E-state index contributed by atoms with van der Waals surface area (Å²) in [7, 11) is 0. The minimum absolute atomic E-state index is 0.0649. The van der Waals surface area contributed by atoms with E-state index in [2.05, 4.69) is 0 Å². The van der Waals surface area contributed by atoms with Gasteiger partial charge in [-0.05, 0) is 13.0 Å². The van der Waals surface area contributed by atoms with E-state index in [0.29, 0.717) is 0 Å². The number of pyridine rings is 1. The van der Waals surface area contributed by atoms with Crippen LogP contribution in [0.25, 0.3) is 10.9 Å². The zero-order valence-electron chi connectivity index (χ0n) is 11.7. The van der Waals surface area contributed by atoms with Crippen molar-refractivity contribution in [2.45, 2.75) is 13.5 Å². The molecular weight excluding hydrogens is 298 g/mol. The smallest absolute Gasteiger partial charge is 0.341 e. The summed E-state index contributed by atoms with van der Waals surface area (Å²) in [5.74, 6) is -4.24. The number of nitrogens with zero attached hydrogens (tertiary/aromatic N) is 1. The summed E-state index contributed by atoms with van der Waals surface area (Å²) in [4.78, 5) is 23.2. The van der Waals surface area contributed by atoms with Gasteiger partial charge in [0.1, 0.15) is 12.2 Å². The molecule has 0 amide bonds. The number of benzene rings is 1. The second kappa shape index (κ2) is 6.10. The third kappa shape index (κ3) is 2.52. The number of carboxylic acids is 1. The molecule has 22 heavy (non-hydrogen) atoms. The molecule has 1 aromatic heterocycles.